The minimum atomic E-state index is -0.833. The molecule has 0 spiro atoms. The third-order valence-electron chi connectivity index (χ3n) is 3.71. The Morgan fingerprint density at radius 3 is 2.83 bits per heavy atom. The van der Waals surface area contributed by atoms with Gasteiger partial charge in [0.2, 0.25) is 0 Å². The third kappa shape index (κ3) is 2.83. The van der Waals surface area contributed by atoms with Crippen LogP contribution in [0.3, 0.4) is 0 Å². The molecule has 1 amide bonds. The second-order valence-electron chi connectivity index (χ2n) is 5.53. The monoisotopic (exact) mass is 324 g/mol. The average molecular weight is 324 g/mol. The summed E-state index contributed by atoms with van der Waals surface area (Å²) in [5, 5.41) is 15.6. The van der Waals surface area contributed by atoms with E-state index in [0.717, 1.165) is 34.7 Å². The summed E-state index contributed by atoms with van der Waals surface area (Å²) in [4.78, 5) is 26.8. The molecule has 7 heteroatoms. The Morgan fingerprint density at radius 2 is 2.08 bits per heavy atom. The lowest BCUT2D eigenvalue weighted by molar-refractivity contribution is -0.134. The van der Waals surface area contributed by atoms with Crippen LogP contribution in [0.5, 0.6) is 0 Å². The fraction of sp³-hybridized carbons (Fsp3) is 0.176. The van der Waals surface area contributed by atoms with Crippen molar-refractivity contribution in [2.24, 2.45) is 0 Å². The van der Waals surface area contributed by atoms with Crippen LogP contribution in [0.2, 0.25) is 0 Å². The molecule has 0 bridgehead atoms. The third-order valence-corrected chi connectivity index (χ3v) is 3.71. The number of aliphatic carboxylic acids is 1. The number of hydrogen-bond donors (Lipinski definition) is 2. The number of amides is 1. The van der Waals surface area contributed by atoms with Crippen molar-refractivity contribution in [3.05, 3.63) is 47.7 Å². The molecule has 0 fully saturated rings. The van der Waals surface area contributed by atoms with Gasteiger partial charge in [0.15, 0.2) is 5.65 Å². The predicted molar refractivity (Wildman–Crippen MR) is 88.4 cm³/mol. The van der Waals surface area contributed by atoms with Crippen molar-refractivity contribution in [2.75, 3.05) is 7.05 Å². The predicted octanol–water partition coefficient (Wildman–Crippen LogP) is 2.30. The first-order chi connectivity index (χ1) is 11.5. The Labute approximate surface area is 137 Å². The highest BCUT2D eigenvalue weighted by Crippen LogP contribution is 2.30. The first-order valence-corrected chi connectivity index (χ1v) is 7.34. The highest BCUT2D eigenvalue weighted by Gasteiger charge is 2.24. The maximum Gasteiger partial charge on any atom is 0.300 e. The number of benzene rings is 1. The first kappa shape index (κ1) is 15.7. The number of hydrogen-bond acceptors (Lipinski definition) is 4. The number of nitrogens with zero attached hydrogens (tertiary/aromatic N) is 3. The summed E-state index contributed by atoms with van der Waals surface area (Å²) < 4.78 is 0. The maximum absolute atomic E-state index is 11.9. The van der Waals surface area contributed by atoms with Crippen LogP contribution in [-0.2, 0) is 11.3 Å². The lowest BCUT2D eigenvalue weighted by Crippen LogP contribution is -2.17. The quantitative estimate of drug-likeness (QED) is 0.715. The van der Waals surface area contributed by atoms with Crippen molar-refractivity contribution >= 4 is 22.9 Å². The number of carbonyl (C=O) groups is 2. The highest BCUT2D eigenvalue weighted by atomic mass is 16.4. The molecular formula is C17H16N4O3. The van der Waals surface area contributed by atoms with Gasteiger partial charge in [0.1, 0.15) is 0 Å². The number of fused-ring (bicyclic) bond motifs is 2. The molecule has 0 aliphatic carbocycles. The van der Waals surface area contributed by atoms with Crippen LogP contribution in [0.1, 0.15) is 22.8 Å². The van der Waals surface area contributed by atoms with E-state index in [1.165, 1.54) is 0 Å². The summed E-state index contributed by atoms with van der Waals surface area (Å²) in [5.41, 5.74) is 4.52. The first-order valence-electron chi connectivity index (χ1n) is 7.34. The van der Waals surface area contributed by atoms with Crippen LogP contribution in [0, 0.1) is 0 Å². The molecule has 0 unspecified atom stereocenters. The van der Waals surface area contributed by atoms with E-state index < -0.39 is 5.97 Å². The van der Waals surface area contributed by atoms with Gasteiger partial charge in [0.05, 0.1) is 5.69 Å². The Hall–Kier alpha value is -3.22. The van der Waals surface area contributed by atoms with Crippen LogP contribution < -0.4 is 0 Å². The Morgan fingerprint density at radius 1 is 1.33 bits per heavy atom. The average Bonchev–Trinajstić information content (AvgIpc) is 3.08. The van der Waals surface area contributed by atoms with E-state index in [-0.39, 0.29) is 5.91 Å². The van der Waals surface area contributed by atoms with Gasteiger partial charge in [0, 0.05) is 43.2 Å². The number of aromatic nitrogens is 3. The molecule has 2 aromatic heterocycles. The molecule has 1 aliphatic rings. The number of pyridine rings is 1. The fourth-order valence-electron chi connectivity index (χ4n) is 2.69. The number of carbonyl (C=O) groups excluding carboxylic acids is 1. The second kappa shape index (κ2) is 6.11. The molecule has 7 nitrogen and oxygen atoms in total. The summed E-state index contributed by atoms with van der Waals surface area (Å²) in [6.45, 7) is 1.74. The Balaban J connectivity index is 0.000000383. The summed E-state index contributed by atoms with van der Waals surface area (Å²) in [6, 6.07) is 9.78. The van der Waals surface area contributed by atoms with Gasteiger partial charge < -0.3 is 10.0 Å². The van der Waals surface area contributed by atoms with Crippen LogP contribution in [0.15, 0.2) is 36.5 Å². The number of rotatable bonds is 1. The van der Waals surface area contributed by atoms with Crippen LogP contribution in [0.25, 0.3) is 22.3 Å². The van der Waals surface area contributed by atoms with Crippen molar-refractivity contribution in [3.63, 3.8) is 0 Å². The van der Waals surface area contributed by atoms with Gasteiger partial charge in [0.25, 0.3) is 11.9 Å². The molecule has 0 atom stereocenters. The summed E-state index contributed by atoms with van der Waals surface area (Å²) in [7, 11) is 1.82. The lowest BCUT2D eigenvalue weighted by atomic mass is 10.0. The molecule has 0 radical (unpaired) electrons. The minimum Gasteiger partial charge on any atom is -0.481 e. The Bertz CT molecular complexity index is 928. The number of H-pyrrole nitrogens is 1. The van der Waals surface area contributed by atoms with E-state index in [9.17, 15) is 4.79 Å². The zero-order valence-corrected chi connectivity index (χ0v) is 13.3. The summed E-state index contributed by atoms with van der Waals surface area (Å²) in [6.07, 6.45) is 1.73. The molecule has 0 saturated heterocycles. The van der Waals surface area contributed by atoms with Crippen LogP contribution >= 0.6 is 0 Å². The van der Waals surface area contributed by atoms with Crippen molar-refractivity contribution in [2.45, 2.75) is 13.5 Å². The standard InChI is InChI=1S/C15H12N4O.C2H4O2/c1-19-8-10-7-9(4-5-11(10)15(19)20)13-12-3-2-6-16-14(12)18-17-13;1-2(3)4/h2-7H,8H2,1H3,(H,16,17,18);1H3,(H,3,4). The van der Waals surface area contributed by atoms with Gasteiger partial charge in [-0.25, -0.2) is 4.98 Å². The van der Waals surface area contributed by atoms with Crippen molar-refractivity contribution in [1.82, 2.24) is 20.1 Å². The zero-order valence-electron chi connectivity index (χ0n) is 13.3. The number of carboxylic acid groups (broad SMARTS) is 1. The largest absolute Gasteiger partial charge is 0.481 e. The second-order valence-corrected chi connectivity index (χ2v) is 5.53. The molecule has 3 aromatic rings. The van der Waals surface area contributed by atoms with E-state index >= 15 is 0 Å². The molecule has 1 aliphatic heterocycles. The Kier molecular flexibility index (Phi) is 3.99. The van der Waals surface area contributed by atoms with Gasteiger partial charge in [-0.05, 0) is 29.8 Å². The topological polar surface area (TPSA) is 99.2 Å². The van der Waals surface area contributed by atoms with E-state index in [1.54, 1.807) is 11.1 Å². The molecule has 4 rings (SSSR count). The number of aromatic amines is 1. The smallest absolute Gasteiger partial charge is 0.300 e. The normalized spacial score (nSPS) is 12.8. The fourth-order valence-corrected chi connectivity index (χ4v) is 2.69. The van der Waals surface area contributed by atoms with Crippen molar-refractivity contribution in [1.29, 1.82) is 0 Å². The zero-order chi connectivity index (χ0) is 17.3. The molecule has 1 aromatic carbocycles. The van der Waals surface area contributed by atoms with Crippen LogP contribution in [0.4, 0.5) is 0 Å². The summed E-state index contributed by atoms with van der Waals surface area (Å²) in [5.74, 6) is -0.748. The van der Waals surface area contributed by atoms with Gasteiger partial charge in [-0.15, -0.1) is 0 Å². The molecule has 2 N–H and O–H groups in total. The molecule has 122 valence electrons. The van der Waals surface area contributed by atoms with E-state index in [0.29, 0.717) is 12.2 Å². The SMILES string of the molecule is CC(=O)O.CN1Cc2cc(-c3[nH]nc4ncccc34)ccc2C1=O. The van der Waals surface area contributed by atoms with Crippen molar-refractivity contribution < 1.29 is 14.7 Å². The molecule has 0 saturated carbocycles. The highest BCUT2D eigenvalue weighted by molar-refractivity contribution is 5.99. The van der Waals surface area contributed by atoms with E-state index in [4.69, 9.17) is 9.90 Å². The lowest BCUT2D eigenvalue weighted by Gasteiger charge is -2.04. The van der Waals surface area contributed by atoms with E-state index in [2.05, 4.69) is 21.2 Å². The van der Waals surface area contributed by atoms with Gasteiger partial charge in [-0.1, -0.05) is 6.07 Å². The van der Waals surface area contributed by atoms with Crippen LogP contribution in [-0.4, -0.2) is 44.1 Å². The van der Waals surface area contributed by atoms with Gasteiger partial charge in [-0.3, -0.25) is 14.7 Å². The molecule has 3 heterocycles. The summed E-state index contributed by atoms with van der Waals surface area (Å²) >= 11 is 0. The maximum atomic E-state index is 11.9. The van der Waals surface area contributed by atoms with E-state index in [1.807, 2.05) is 31.3 Å². The number of carboxylic acids is 1. The minimum absolute atomic E-state index is 0.0858. The number of nitrogens with one attached hydrogen (secondary N) is 1. The van der Waals surface area contributed by atoms with Gasteiger partial charge >= 0.3 is 0 Å². The van der Waals surface area contributed by atoms with Gasteiger partial charge in [-0.2, -0.15) is 5.10 Å². The molecular weight excluding hydrogens is 308 g/mol. The van der Waals surface area contributed by atoms with Crippen molar-refractivity contribution in [3.8, 4) is 11.3 Å². The molecule has 24 heavy (non-hydrogen) atoms.